The molecule has 0 spiro atoms. The summed E-state index contributed by atoms with van der Waals surface area (Å²) in [5, 5.41) is 18.1. The van der Waals surface area contributed by atoms with Gasteiger partial charge < -0.3 is 35.6 Å². The molecule has 216 valence electrons. The number of urea groups is 2. The molecule has 41 heavy (non-hydrogen) atoms. The van der Waals surface area contributed by atoms with E-state index in [1.54, 1.807) is 55.3 Å². The first-order valence-electron chi connectivity index (χ1n) is 13.3. The molecule has 0 saturated carbocycles. The summed E-state index contributed by atoms with van der Waals surface area (Å²) >= 11 is 0. The molecule has 0 aromatic heterocycles. The molecule has 3 aromatic carbocycles. The van der Waals surface area contributed by atoms with Gasteiger partial charge in [0, 0.05) is 36.6 Å². The van der Waals surface area contributed by atoms with Crippen LogP contribution < -0.4 is 20.7 Å². The minimum atomic E-state index is -0.514. The molecule has 0 radical (unpaired) electrons. The van der Waals surface area contributed by atoms with Crippen molar-refractivity contribution in [3.63, 3.8) is 0 Å². The summed E-state index contributed by atoms with van der Waals surface area (Å²) in [6.07, 6.45) is -0.514. The van der Waals surface area contributed by atoms with Gasteiger partial charge in [-0.1, -0.05) is 25.1 Å². The smallest absolute Gasteiger partial charge is 0.323 e. The van der Waals surface area contributed by atoms with Crippen molar-refractivity contribution in [1.29, 1.82) is 0 Å². The molecule has 1 heterocycles. The lowest BCUT2D eigenvalue weighted by molar-refractivity contribution is 0.0371. The Kier molecular flexibility index (Phi) is 9.41. The van der Waals surface area contributed by atoms with Crippen LogP contribution in [-0.2, 0) is 0 Å². The van der Waals surface area contributed by atoms with Crippen LogP contribution in [-0.4, -0.2) is 71.8 Å². The van der Waals surface area contributed by atoms with E-state index in [4.69, 9.17) is 4.74 Å². The number of hydrogen-bond acceptors (Lipinski definition) is 5. The number of halogens is 1. The molecule has 10 nitrogen and oxygen atoms in total. The van der Waals surface area contributed by atoms with Gasteiger partial charge in [-0.05, 0) is 61.5 Å². The van der Waals surface area contributed by atoms with Crippen molar-refractivity contribution in [3.8, 4) is 5.75 Å². The Bertz CT molecular complexity index is 1370. The van der Waals surface area contributed by atoms with Crippen LogP contribution in [0.3, 0.4) is 0 Å². The molecule has 1 aliphatic heterocycles. The number of fused-ring (bicyclic) bond motifs is 1. The molecule has 4 rings (SSSR count). The van der Waals surface area contributed by atoms with E-state index >= 15 is 0 Å². The van der Waals surface area contributed by atoms with Crippen LogP contribution in [0, 0.1) is 11.7 Å². The first kappa shape index (κ1) is 29.3. The Morgan fingerprint density at radius 1 is 1.02 bits per heavy atom. The first-order valence-corrected chi connectivity index (χ1v) is 13.3. The molecule has 11 heteroatoms. The third-order valence-electron chi connectivity index (χ3n) is 6.85. The van der Waals surface area contributed by atoms with E-state index in [9.17, 15) is 23.9 Å². The number of hydrogen-bond donors (Lipinski definition) is 4. The zero-order valence-corrected chi connectivity index (χ0v) is 23.1. The van der Waals surface area contributed by atoms with Crippen molar-refractivity contribution >= 4 is 35.0 Å². The highest BCUT2D eigenvalue weighted by Gasteiger charge is 2.34. The number of rotatable bonds is 7. The third-order valence-corrected chi connectivity index (χ3v) is 6.85. The Labute approximate surface area is 238 Å². The molecule has 0 bridgehead atoms. The Hall–Kier alpha value is -4.64. The third kappa shape index (κ3) is 7.52. The van der Waals surface area contributed by atoms with Crippen LogP contribution in [0.1, 0.15) is 24.2 Å². The predicted octanol–water partition coefficient (Wildman–Crippen LogP) is 4.85. The number of likely N-dealkylation sites (N-methyl/N-ethyl adjacent to an activating group) is 1. The van der Waals surface area contributed by atoms with Crippen molar-refractivity contribution in [2.45, 2.75) is 26.0 Å². The van der Waals surface area contributed by atoms with E-state index in [1.165, 1.54) is 35.2 Å². The van der Waals surface area contributed by atoms with Gasteiger partial charge in [0.1, 0.15) is 17.7 Å². The number of nitrogens with zero attached hydrogens (tertiary/aromatic N) is 2. The van der Waals surface area contributed by atoms with Gasteiger partial charge in [-0.25, -0.2) is 14.0 Å². The summed E-state index contributed by atoms with van der Waals surface area (Å²) < 4.78 is 19.6. The van der Waals surface area contributed by atoms with E-state index in [1.807, 2.05) is 13.0 Å². The lowest BCUT2D eigenvalue weighted by Gasteiger charge is -2.38. The molecule has 1 aliphatic rings. The van der Waals surface area contributed by atoms with Crippen molar-refractivity contribution < 1.29 is 28.6 Å². The maximum atomic E-state index is 13.6. The van der Waals surface area contributed by atoms with Crippen molar-refractivity contribution in [1.82, 2.24) is 9.80 Å². The Morgan fingerprint density at radius 2 is 1.66 bits per heavy atom. The molecule has 3 aromatic rings. The van der Waals surface area contributed by atoms with Gasteiger partial charge >= 0.3 is 12.1 Å². The van der Waals surface area contributed by atoms with Crippen LogP contribution in [0.5, 0.6) is 5.75 Å². The number of amides is 5. The van der Waals surface area contributed by atoms with E-state index in [2.05, 4.69) is 16.0 Å². The van der Waals surface area contributed by atoms with E-state index in [0.29, 0.717) is 22.8 Å². The average molecular weight is 564 g/mol. The first-order chi connectivity index (χ1) is 19.6. The second kappa shape index (κ2) is 13.1. The standard InChI is InChI=1S/C30H34FN5O5/c1-19-16-36(20(2)18-37)28(38)25-15-24(33-29(39)32-22-7-5-4-6-8-22)13-14-26(25)41-27(19)17-35(3)30(40)34-23-11-9-21(31)10-12-23/h4-15,19-20,27,37H,16-18H2,1-3H3,(H,34,40)(H2,32,33,39)/t19-,20+,27-/m1/s1. The Balaban J connectivity index is 1.54. The number of para-hydroxylation sites is 1. The quantitative estimate of drug-likeness (QED) is 0.327. The van der Waals surface area contributed by atoms with Gasteiger partial charge in [-0.3, -0.25) is 4.79 Å². The molecule has 0 unspecified atom stereocenters. The van der Waals surface area contributed by atoms with Gasteiger partial charge in [0.05, 0.1) is 24.8 Å². The zero-order valence-electron chi connectivity index (χ0n) is 23.1. The maximum Gasteiger partial charge on any atom is 0.323 e. The largest absolute Gasteiger partial charge is 0.487 e. The van der Waals surface area contributed by atoms with Crippen LogP contribution >= 0.6 is 0 Å². The van der Waals surface area contributed by atoms with Crippen molar-refractivity contribution in [2.24, 2.45) is 5.92 Å². The van der Waals surface area contributed by atoms with Gasteiger partial charge in [-0.15, -0.1) is 0 Å². The van der Waals surface area contributed by atoms with E-state index < -0.39 is 30.0 Å². The summed E-state index contributed by atoms with van der Waals surface area (Å²) in [6, 6.07) is 17.8. The van der Waals surface area contributed by atoms with E-state index in [-0.39, 0.29) is 37.1 Å². The Morgan fingerprint density at radius 3 is 2.34 bits per heavy atom. The minimum Gasteiger partial charge on any atom is -0.487 e. The van der Waals surface area contributed by atoms with Crippen molar-refractivity contribution in [3.05, 3.63) is 84.2 Å². The molecule has 4 N–H and O–H groups in total. The van der Waals surface area contributed by atoms with Crippen LogP contribution in [0.25, 0.3) is 0 Å². The highest BCUT2D eigenvalue weighted by Crippen LogP contribution is 2.31. The molecule has 0 fully saturated rings. The highest BCUT2D eigenvalue weighted by atomic mass is 19.1. The summed E-state index contributed by atoms with van der Waals surface area (Å²) in [6.45, 7) is 3.87. The molecule has 3 atom stereocenters. The number of benzene rings is 3. The molecule has 0 aliphatic carbocycles. The topological polar surface area (TPSA) is 123 Å². The fourth-order valence-electron chi connectivity index (χ4n) is 4.44. The summed E-state index contributed by atoms with van der Waals surface area (Å²) in [7, 11) is 1.62. The van der Waals surface area contributed by atoms with Crippen LogP contribution in [0.15, 0.2) is 72.8 Å². The fraction of sp³-hybridized carbons (Fsp3) is 0.300. The maximum absolute atomic E-state index is 13.6. The average Bonchev–Trinajstić information content (AvgIpc) is 2.96. The van der Waals surface area contributed by atoms with Crippen LogP contribution in [0.4, 0.5) is 31.0 Å². The normalized spacial score (nSPS) is 17.3. The number of aliphatic hydroxyl groups is 1. The number of nitrogens with one attached hydrogen (secondary N) is 3. The SMILES string of the molecule is C[C@@H]1CN([C@@H](C)CO)C(=O)c2cc(NC(=O)Nc3ccccc3)ccc2O[C@@H]1CN(C)C(=O)Nc1ccc(F)cc1. The van der Waals surface area contributed by atoms with Crippen LogP contribution in [0.2, 0.25) is 0 Å². The lowest BCUT2D eigenvalue weighted by Crippen LogP contribution is -2.50. The van der Waals surface area contributed by atoms with Gasteiger partial charge in [0.15, 0.2) is 0 Å². The second-order valence-corrected chi connectivity index (χ2v) is 10.1. The second-order valence-electron chi connectivity index (χ2n) is 10.1. The number of ether oxygens (including phenoxy) is 1. The summed E-state index contributed by atoms with van der Waals surface area (Å²) in [5.74, 6) is -0.667. The molecule has 5 amide bonds. The molecule has 0 saturated heterocycles. The number of carbonyl (C=O) groups is 3. The number of carbonyl (C=O) groups excluding carboxylic acids is 3. The fourth-order valence-corrected chi connectivity index (χ4v) is 4.44. The monoisotopic (exact) mass is 563 g/mol. The van der Waals surface area contributed by atoms with Crippen molar-refractivity contribution in [2.75, 3.05) is 42.7 Å². The molecular formula is C30H34FN5O5. The predicted molar refractivity (Wildman–Crippen MR) is 155 cm³/mol. The number of anilines is 3. The zero-order chi connectivity index (χ0) is 29.5. The molecular weight excluding hydrogens is 529 g/mol. The van der Waals surface area contributed by atoms with Gasteiger partial charge in [0.25, 0.3) is 5.91 Å². The number of aliphatic hydroxyl groups excluding tert-OH is 1. The minimum absolute atomic E-state index is 0.183. The van der Waals surface area contributed by atoms with E-state index in [0.717, 1.165) is 0 Å². The van der Waals surface area contributed by atoms with Gasteiger partial charge in [0.2, 0.25) is 0 Å². The summed E-state index contributed by atoms with van der Waals surface area (Å²) in [5.41, 5.74) is 1.66. The highest BCUT2D eigenvalue weighted by molar-refractivity contribution is 6.02. The summed E-state index contributed by atoms with van der Waals surface area (Å²) in [4.78, 5) is 42.1. The lowest BCUT2D eigenvalue weighted by atomic mass is 9.99. The van der Waals surface area contributed by atoms with Gasteiger partial charge in [-0.2, -0.15) is 0 Å².